The molecule has 1 saturated carbocycles. The fourth-order valence-corrected chi connectivity index (χ4v) is 3.46. The fourth-order valence-electron chi connectivity index (χ4n) is 2.74. The third-order valence-corrected chi connectivity index (χ3v) is 4.79. The normalized spacial score (nSPS) is 24.1. The van der Waals surface area contributed by atoms with Crippen LogP contribution in [0, 0.1) is 11.3 Å². The van der Waals surface area contributed by atoms with Crippen molar-refractivity contribution in [2.45, 2.75) is 32.7 Å². The van der Waals surface area contributed by atoms with Crippen molar-refractivity contribution < 1.29 is 0 Å². The van der Waals surface area contributed by atoms with Crippen LogP contribution in [0.15, 0.2) is 17.8 Å². The molecule has 0 saturated heterocycles. The number of aromatic nitrogens is 2. The first-order valence-electron chi connectivity index (χ1n) is 6.18. The van der Waals surface area contributed by atoms with Crippen LogP contribution in [0.1, 0.15) is 26.0 Å². The summed E-state index contributed by atoms with van der Waals surface area (Å²) in [6.45, 7) is 4.71. The number of nitrogens with zero attached hydrogens (tertiary/aromatic N) is 2. The summed E-state index contributed by atoms with van der Waals surface area (Å²) in [6.07, 6.45) is 6.61. The fraction of sp³-hybridized carbons (Fsp3) is 0.615. The second kappa shape index (κ2) is 3.82. The molecule has 0 aliphatic heterocycles. The maximum atomic E-state index is 4.66. The van der Waals surface area contributed by atoms with E-state index in [0.29, 0.717) is 11.5 Å². The van der Waals surface area contributed by atoms with Crippen molar-refractivity contribution in [3.63, 3.8) is 0 Å². The molecule has 3 rings (SSSR count). The highest BCUT2D eigenvalue weighted by Crippen LogP contribution is 2.53. The Morgan fingerprint density at radius 3 is 3.00 bits per heavy atom. The number of thiazole rings is 1. The van der Waals surface area contributed by atoms with Gasteiger partial charge in [0.15, 0.2) is 4.96 Å². The number of hydrogen-bond acceptors (Lipinski definition) is 3. The van der Waals surface area contributed by atoms with Gasteiger partial charge in [-0.25, -0.2) is 4.98 Å². The zero-order valence-electron chi connectivity index (χ0n) is 10.6. The van der Waals surface area contributed by atoms with Crippen LogP contribution >= 0.6 is 11.3 Å². The SMILES string of the molecule is CNC(Cc1cn2ccsc2n1)C1CC1(C)C. The van der Waals surface area contributed by atoms with Gasteiger partial charge in [0.1, 0.15) is 0 Å². The third kappa shape index (κ3) is 2.00. The molecular weight excluding hydrogens is 230 g/mol. The van der Waals surface area contributed by atoms with Crippen molar-refractivity contribution in [3.8, 4) is 0 Å². The van der Waals surface area contributed by atoms with Crippen molar-refractivity contribution in [2.24, 2.45) is 11.3 Å². The Morgan fingerprint density at radius 2 is 2.41 bits per heavy atom. The van der Waals surface area contributed by atoms with E-state index in [9.17, 15) is 0 Å². The van der Waals surface area contributed by atoms with Crippen molar-refractivity contribution in [2.75, 3.05) is 7.05 Å². The van der Waals surface area contributed by atoms with Gasteiger partial charge >= 0.3 is 0 Å². The Hall–Kier alpha value is -0.870. The molecule has 2 heterocycles. The van der Waals surface area contributed by atoms with Gasteiger partial charge in [0.2, 0.25) is 0 Å². The summed E-state index contributed by atoms with van der Waals surface area (Å²) in [5.74, 6) is 0.798. The van der Waals surface area contributed by atoms with Gasteiger partial charge in [-0.2, -0.15) is 0 Å². The Labute approximate surface area is 106 Å². The van der Waals surface area contributed by atoms with Gasteiger partial charge in [-0.1, -0.05) is 13.8 Å². The number of imidazole rings is 1. The van der Waals surface area contributed by atoms with Gasteiger partial charge in [-0.3, -0.25) is 4.40 Å². The van der Waals surface area contributed by atoms with Crippen LogP contribution in [-0.2, 0) is 6.42 Å². The van der Waals surface area contributed by atoms with Gasteiger partial charge in [-0.05, 0) is 24.8 Å². The minimum absolute atomic E-state index is 0.519. The second-order valence-corrected chi connectivity index (χ2v) is 6.60. The first kappa shape index (κ1) is 11.2. The van der Waals surface area contributed by atoms with Crippen molar-refractivity contribution >= 4 is 16.3 Å². The van der Waals surface area contributed by atoms with E-state index in [-0.39, 0.29) is 0 Å². The Balaban J connectivity index is 1.75. The summed E-state index contributed by atoms with van der Waals surface area (Å²) in [7, 11) is 2.07. The van der Waals surface area contributed by atoms with Crippen LogP contribution in [0.4, 0.5) is 0 Å². The van der Waals surface area contributed by atoms with E-state index < -0.39 is 0 Å². The predicted molar refractivity (Wildman–Crippen MR) is 71.5 cm³/mol. The third-order valence-electron chi connectivity index (χ3n) is 4.02. The lowest BCUT2D eigenvalue weighted by atomic mass is 10.0. The van der Waals surface area contributed by atoms with E-state index in [1.165, 1.54) is 12.1 Å². The molecule has 4 heteroatoms. The number of hydrogen-bond donors (Lipinski definition) is 1. The molecule has 2 unspecified atom stereocenters. The zero-order valence-corrected chi connectivity index (χ0v) is 11.4. The Morgan fingerprint density at radius 1 is 1.65 bits per heavy atom. The molecule has 0 amide bonds. The molecular formula is C13H19N3S. The molecule has 1 N–H and O–H groups in total. The van der Waals surface area contributed by atoms with Gasteiger partial charge in [-0.15, -0.1) is 11.3 Å². The Bertz CT molecular complexity index is 497. The molecule has 0 aromatic carbocycles. The van der Waals surface area contributed by atoms with Gasteiger partial charge in [0.05, 0.1) is 5.69 Å². The van der Waals surface area contributed by atoms with E-state index >= 15 is 0 Å². The first-order valence-corrected chi connectivity index (χ1v) is 7.06. The van der Waals surface area contributed by atoms with E-state index in [0.717, 1.165) is 17.3 Å². The molecule has 1 aliphatic carbocycles. The lowest BCUT2D eigenvalue weighted by Crippen LogP contribution is -2.31. The molecule has 2 aromatic rings. The lowest BCUT2D eigenvalue weighted by Gasteiger charge is -2.16. The number of likely N-dealkylation sites (N-methyl/N-ethyl adjacent to an activating group) is 1. The lowest BCUT2D eigenvalue weighted by molar-refractivity contribution is 0.424. The minimum atomic E-state index is 0.519. The summed E-state index contributed by atoms with van der Waals surface area (Å²) in [6, 6.07) is 0.564. The molecule has 0 spiro atoms. The van der Waals surface area contributed by atoms with Crippen LogP contribution < -0.4 is 5.32 Å². The maximum Gasteiger partial charge on any atom is 0.193 e. The molecule has 17 heavy (non-hydrogen) atoms. The summed E-state index contributed by atoms with van der Waals surface area (Å²) < 4.78 is 2.12. The number of fused-ring (bicyclic) bond motifs is 1. The van der Waals surface area contributed by atoms with E-state index in [4.69, 9.17) is 0 Å². The molecule has 2 aromatic heterocycles. The topological polar surface area (TPSA) is 29.3 Å². The van der Waals surface area contributed by atoms with Crippen molar-refractivity contribution in [1.82, 2.24) is 14.7 Å². The molecule has 1 fully saturated rings. The minimum Gasteiger partial charge on any atom is -0.316 e. The van der Waals surface area contributed by atoms with Gasteiger partial charge < -0.3 is 5.32 Å². The largest absolute Gasteiger partial charge is 0.316 e. The van der Waals surface area contributed by atoms with Crippen LogP contribution in [0.3, 0.4) is 0 Å². The van der Waals surface area contributed by atoms with E-state index in [1.807, 2.05) is 0 Å². The first-order chi connectivity index (χ1) is 8.10. The molecule has 1 aliphatic rings. The summed E-state index contributed by atoms with van der Waals surface area (Å²) in [5, 5.41) is 5.53. The summed E-state index contributed by atoms with van der Waals surface area (Å²) >= 11 is 1.70. The number of nitrogens with one attached hydrogen (secondary N) is 1. The van der Waals surface area contributed by atoms with Crippen molar-refractivity contribution in [3.05, 3.63) is 23.5 Å². The summed E-state index contributed by atoms with van der Waals surface area (Å²) in [5.41, 5.74) is 1.73. The van der Waals surface area contributed by atoms with Crippen LogP contribution in [0.25, 0.3) is 4.96 Å². The highest BCUT2D eigenvalue weighted by molar-refractivity contribution is 7.15. The Kier molecular flexibility index (Phi) is 2.52. The van der Waals surface area contributed by atoms with Gasteiger partial charge in [0.25, 0.3) is 0 Å². The molecule has 92 valence electrons. The number of rotatable bonds is 4. The maximum absolute atomic E-state index is 4.66. The quantitative estimate of drug-likeness (QED) is 0.902. The zero-order chi connectivity index (χ0) is 12.0. The van der Waals surface area contributed by atoms with Crippen LogP contribution in [0.5, 0.6) is 0 Å². The summed E-state index contributed by atoms with van der Waals surface area (Å²) in [4.78, 5) is 5.76. The van der Waals surface area contributed by atoms with Crippen LogP contribution in [-0.4, -0.2) is 22.5 Å². The average Bonchev–Trinajstić information content (AvgIpc) is 2.66. The monoisotopic (exact) mass is 249 g/mol. The molecule has 0 bridgehead atoms. The molecule has 3 nitrogen and oxygen atoms in total. The van der Waals surface area contributed by atoms with Crippen LogP contribution in [0.2, 0.25) is 0 Å². The molecule has 0 radical (unpaired) electrons. The van der Waals surface area contributed by atoms with E-state index in [1.54, 1.807) is 11.3 Å². The van der Waals surface area contributed by atoms with Crippen molar-refractivity contribution in [1.29, 1.82) is 0 Å². The second-order valence-electron chi connectivity index (χ2n) is 5.72. The average molecular weight is 249 g/mol. The van der Waals surface area contributed by atoms with Gasteiger partial charge in [0, 0.05) is 30.2 Å². The van der Waals surface area contributed by atoms with E-state index in [2.05, 4.69) is 53.4 Å². The standard InChI is InChI=1S/C13H19N3S/c1-13(2)7-10(13)11(14-3)6-9-8-16-4-5-17-12(16)15-9/h4-5,8,10-11,14H,6-7H2,1-3H3. The highest BCUT2D eigenvalue weighted by atomic mass is 32.1. The highest BCUT2D eigenvalue weighted by Gasteiger charge is 2.49. The smallest absolute Gasteiger partial charge is 0.193 e. The predicted octanol–water partition coefficient (Wildman–Crippen LogP) is 2.57. The molecule has 2 atom stereocenters.